The second-order valence-electron chi connectivity index (χ2n) is 2.91. The van der Waals surface area contributed by atoms with Crippen molar-refractivity contribution in [3.63, 3.8) is 0 Å². The molecule has 0 spiro atoms. The Morgan fingerprint density at radius 2 is 2.47 bits per heavy atom. The van der Waals surface area contributed by atoms with E-state index in [1.807, 2.05) is 6.92 Å². The lowest BCUT2D eigenvalue weighted by atomic mass is 10.4. The molecule has 0 aliphatic rings. The van der Waals surface area contributed by atoms with Crippen molar-refractivity contribution in [2.24, 2.45) is 5.11 Å². The summed E-state index contributed by atoms with van der Waals surface area (Å²) in [6, 6.07) is 3.55. The van der Waals surface area contributed by atoms with E-state index in [-0.39, 0.29) is 5.91 Å². The predicted octanol–water partition coefficient (Wildman–Crippen LogP) is 2.70. The standard InChI is InChI=1S/C9H12N4OS/c1-2-5-11-9(14)8-4-3-7(15-8)6-12-13-10/h3-4H,2,5-6H2,1H3,(H,11,14). The maximum Gasteiger partial charge on any atom is 0.261 e. The fourth-order valence-corrected chi connectivity index (χ4v) is 1.85. The number of amides is 1. The average Bonchev–Trinajstić information content (AvgIpc) is 2.71. The molecule has 0 saturated heterocycles. The summed E-state index contributed by atoms with van der Waals surface area (Å²) in [7, 11) is 0. The third kappa shape index (κ3) is 3.61. The first-order valence-corrected chi connectivity index (χ1v) is 5.47. The molecule has 0 radical (unpaired) electrons. The minimum atomic E-state index is -0.0611. The van der Waals surface area contributed by atoms with Gasteiger partial charge >= 0.3 is 0 Å². The Hall–Kier alpha value is -1.52. The van der Waals surface area contributed by atoms with Crippen molar-refractivity contribution in [3.05, 3.63) is 32.3 Å². The van der Waals surface area contributed by atoms with Crippen molar-refractivity contribution < 1.29 is 4.79 Å². The van der Waals surface area contributed by atoms with E-state index in [2.05, 4.69) is 15.3 Å². The molecule has 1 N–H and O–H groups in total. The molecule has 1 aromatic rings. The van der Waals surface area contributed by atoms with Crippen LogP contribution in [-0.2, 0) is 6.54 Å². The Morgan fingerprint density at radius 3 is 3.13 bits per heavy atom. The van der Waals surface area contributed by atoms with Crippen LogP contribution in [0.4, 0.5) is 0 Å². The summed E-state index contributed by atoms with van der Waals surface area (Å²) < 4.78 is 0. The van der Waals surface area contributed by atoms with Gasteiger partial charge in [-0.15, -0.1) is 11.3 Å². The van der Waals surface area contributed by atoms with Gasteiger partial charge in [-0.25, -0.2) is 0 Å². The highest BCUT2D eigenvalue weighted by Gasteiger charge is 2.07. The van der Waals surface area contributed by atoms with Crippen LogP contribution in [0.15, 0.2) is 17.2 Å². The van der Waals surface area contributed by atoms with Crippen LogP contribution >= 0.6 is 11.3 Å². The van der Waals surface area contributed by atoms with Gasteiger partial charge in [0.15, 0.2) is 0 Å². The summed E-state index contributed by atoms with van der Waals surface area (Å²) >= 11 is 1.35. The predicted molar refractivity (Wildman–Crippen MR) is 59.8 cm³/mol. The molecule has 1 heterocycles. The first-order valence-electron chi connectivity index (χ1n) is 4.65. The summed E-state index contributed by atoms with van der Waals surface area (Å²) in [6.07, 6.45) is 0.919. The highest BCUT2D eigenvalue weighted by molar-refractivity contribution is 7.14. The molecule has 0 saturated carbocycles. The van der Waals surface area contributed by atoms with Crippen molar-refractivity contribution >= 4 is 17.2 Å². The molecule has 5 nitrogen and oxygen atoms in total. The van der Waals surface area contributed by atoms with E-state index in [0.29, 0.717) is 18.0 Å². The molecule has 0 aliphatic carbocycles. The minimum absolute atomic E-state index is 0.0611. The number of hydrogen-bond donors (Lipinski definition) is 1. The van der Waals surface area contributed by atoms with Gasteiger partial charge in [-0.05, 0) is 24.1 Å². The molecule has 6 heteroatoms. The lowest BCUT2D eigenvalue weighted by molar-refractivity contribution is 0.0957. The molecule has 1 rings (SSSR count). The maximum absolute atomic E-state index is 11.5. The zero-order chi connectivity index (χ0) is 11.1. The zero-order valence-corrected chi connectivity index (χ0v) is 9.25. The second-order valence-corrected chi connectivity index (χ2v) is 4.08. The lowest BCUT2D eigenvalue weighted by Crippen LogP contribution is -2.22. The van der Waals surface area contributed by atoms with Crippen LogP contribution < -0.4 is 5.32 Å². The van der Waals surface area contributed by atoms with Crippen LogP contribution in [0.25, 0.3) is 10.4 Å². The molecular formula is C9H12N4OS. The summed E-state index contributed by atoms with van der Waals surface area (Å²) in [5, 5.41) is 6.22. The number of nitrogens with one attached hydrogen (secondary N) is 1. The van der Waals surface area contributed by atoms with Crippen molar-refractivity contribution in [2.75, 3.05) is 6.54 Å². The van der Waals surface area contributed by atoms with Gasteiger partial charge in [-0.1, -0.05) is 12.0 Å². The van der Waals surface area contributed by atoms with E-state index in [1.165, 1.54) is 11.3 Å². The summed E-state index contributed by atoms with van der Waals surface area (Å²) in [5.41, 5.74) is 8.14. The van der Waals surface area contributed by atoms with Gasteiger partial charge in [0.05, 0.1) is 11.4 Å². The number of thiophene rings is 1. The van der Waals surface area contributed by atoms with E-state index >= 15 is 0 Å². The Balaban J connectivity index is 2.58. The first-order chi connectivity index (χ1) is 7.27. The number of rotatable bonds is 5. The number of carbonyl (C=O) groups is 1. The van der Waals surface area contributed by atoms with E-state index in [9.17, 15) is 4.79 Å². The fraction of sp³-hybridized carbons (Fsp3) is 0.444. The number of hydrogen-bond acceptors (Lipinski definition) is 3. The Kier molecular flexibility index (Phi) is 4.66. The molecule has 0 atom stereocenters. The molecule has 1 aromatic heterocycles. The van der Waals surface area contributed by atoms with Gasteiger partial charge in [0, 0.05) is 16.3 Å². The van der Waals surface area contributed by atoms with Crippen LogP contribution in [0.1, 0.15) is 27.9 Å². The van der Waals surface area contributed by atoms with Crippen LogP contribution in [0, 0.1) is 0 Å². The van der Waals surface area contributed by atoms with Crippen LogP contribution in [0.5, 0.6) is 0 Å². The van der Waals surface area contributed by atoms with Crippen molar-refractivity contribution in [1.82, 2.24) is 5.32 Å². The third-order valence-electron chi connectivity index (χ3n) is 1.71. The molecular weight excluding hydrogens is 212 g/mol. The van der Waals surface area contributed by atoms with Gasteiger partial charge < -0.3 is 5.32 Å². The second kappa shape index (κ2) is 6.06. The average molecular weight is 224 g/mol. The Labute approximate surface area is 91.7 Å². The smallest absolute Gasteiger partial charge is 0.261 e. The maximum atomic E-state index is 11.5. The van der Waals surface area contributed by atoms with Crippen molar-refractivity contribution in [2.45, 2.75) is 19.9 Å². The normalized spacial score (nSPS) is 9.40. The molecule has 0 aromatic carbocycles. The highest BCUT2D eigenvalue weighted by Crippen LogP contribution is 2.17. The van der Waals surface area contributed by atoms with Gasteiger partial charge in [0.2, 0.25) is 0 Å². The molecule has 0 bridgehead atoms. The fourth-order valence-electron chi connectivity index (χ4n) is 1.01. The monoisotopic (exact) mass is 224 g/mol. The quantitative estimate of drug-likeness (QED) is 0.466. The Bertz CT molecular complexity index is 381. The number of azide groups is 1. The van der Waals surface area contributed by atoms with Crippen molar-refractivity contribution in [1.29, 1.82) is 0 Å². The lowest BCUT2D eigenvalue weighted by Gasteiger charge is -1.99. The summed E-state index contributed by atoms with van der Waals surface area (Å²) in [6.45, 7) is 2.99. The largest absolute Gasteiger partial charge is 0.351 e. The van der Waals surface area contributed by atoms with Gasteiger partial charge in [-0.2, -0.15) is 0 Å². The SMILES string of the molecule is CCCNC(=O)c1ccc(CN=[N+]=[N-])s1. The van der Waals surface area contributed by atoms with Crippen LogP contribution in [0.3, 0.4) is 0 Å². The molecule has 1 amide bonds. The number of nitrogens with zero attached hydrogens (tertiary/aromatic N) is 3. The van der Waals surface area contributed by atoms with E-state index in [4.69, 9.17) is 5.53 Å². The molecule has 0 aliphatic heterocycles. The van der Waals surface area contributed by atoms with E-state index in [1.54, 1.807) is 12.1 Å². The molecule has 80 valence electrons. The topological polar surface area (TPSA) is 77.9 Å². The minimum Gasteiger partial charge on any atom is -0.351 e. The van der Waals surface area contributed by atoms with Crippen LogP contribution in [-0.4, -0.2) is 12.5 Å². The summed E-state index contributed by atoms with van der Waals surface area (Å²) in [5.74, 6) is -0.0611. The summed E-state index contributed by atoms with van der Waals surface area (Å²) in [4.78, 5) is 15.7. The third-order valence-corrected chi connectivity index (χ3v) is 2.78. The van der Waals surface area contributed by atoms with Gasteiger partial charge in [0.25, 0.3) is 5.91 Å². The molecule has 15 heavy (non-hydrogen) atoms. The first kappa shape index (κ1) is 11.6. The molecule has 0 fully saturated rings. The Morgan fingerprint density at radius 1 is 1.67 bits per heavy atom. The van der Waals surface area contributed by atoms with Gasteiger partial charge in [-0.3, -0.25) is 4.79 Å². The molecule has 0 unspecified atom stereocenters. The highest BCUT2D eigenvalue weighted by atomic mass is 32.1. The van der Waals surface area contributed by atoms with Crippen molar-refractivity contribution in [3.8, 4) is 0 Å². The zero-order valence-electron chi connectivity index (χ0n) is 8.43. The van der Waals surface area contributed by atoms with E-state index in [0.717, 1.165) is 11.3 Å². The number of carbonyl (C=O) groups excluding carboxylic acids is 1. The van der Waals surface area contributed by atoms with Crippen LogP contribution in [0.2, 0.25) is 0 Å². The van der Waals surface area contributed by atoms with E-state index < -0.39 is 0 Å². The van der Waals surface area contributed by atoms with Gasteiger partial charge in [0.1, 0.15) is 0 Å².